The average molecular weight is 190 g/mol. The number of hydrogen-bond acceptors (Lipinski definition) is 2. The maximum Gasteiger partial charge on any atom is 0.0216 e. The van der Waals surface area contributed by atoms with E-state index >= 15 is 0 Å². The zero-order valence-electron chi connectivity index (χ0n) is 8.45. The molecule has 0 amide bonds. The lowest BCUT2D eigenvalue weighted by Crippen LogP contribution is -2.38. The van der Waals surface area contributed by atoms with Gasteiger partial charge in [-0.05, 0) is 30.7 Å². The summed E-state index contributed by atoms with van der Waals surface area (Å²) >= 11 is 0. The Hall–Kier alpha value is -0.860. The third-order valence-electron chi connectivity index (χ3n) is 3.18. The molecule has 2 atom stereocenters. The summed E-state index contributed by atoms with van der Waals surface area (Å²) in [5.74, 6) is 6.19. The van der Waals surface area contributed by atoms with Crippen molar-refractivity contribution in [3.63, 3.8) is 0 Å². The second-order valence-corrected chi connectivity index (χ2v) is 4.14. The molecular formula is C12H18N2. The van der Waals surface area contributed by atoms with Crippen LogP contribution in [-0.2, 0) is 0 Å². The van der Waals surface area contributed by atoms with E-state index in [-0.39, 0.29) is 0 Å². The van der Waals surface area contributed by atoms with Crippen LogP contribution >= 0.6 is 0 Å². The molecule has 1 saturated carbocycles. The largest absolute Gasteiger partial charge is 0.271 e. The van der Waals surface area contributed by atoms with Crippen LogP contribution in [0.15, 0.2) is 30.3 Å². The molecule has 1 aliphatic carbocycles. The standard InChI is InChI=1S/C12H18N2/c13-14-12-8-4-7-11(9-12)10-5-2-1-3-6-10/h1-3,5-6,11-12,14H,4,7-9,13H2. The minimum atomic E-state index is 0.508. The van der Waals surface area contributed by atoms with Crippen molar-refractivity contribution < 1.29 is 0 Å². The van der Waals surface area contributed by atoms with E-state index in [4.69, 9.17) is 5.84 Å². The van der Waals surface area contributed by atoms with Crippen LogP contribution in [0.1, 0.15) is 37.2 Å². The third-order valence-corrected chi connectivity index (χ3v) is 3.18. The van der Waals surface area contributed by atoms with Gasteiger partial charge in [0, 0.05) is 6.04 Å². The van der Waals surface area contributed by atoms with E-state index in [2.05, 4.69) is 35.8 Å². The summed E-state index contributed by atoms with van der Waals surface area (Å²) in [5, 5.41) is 0. The van der Waals surface area contributed by atoms with Crippen molar-refractivity contribution in [1.29, 1.82) is 0 Å². The van der Waals surface area contributed by atoms with E-state index in [1.54, 1.807) is 0 Å². The normalized spacial score (nSPS) is 27.5. The van der Waals surface area contributed by atoms with Gasteiger partial charge in [-0.3, -0.25) is 11.3 Å². The highest BCUT2D eigenvalue weighted by Crippen LogP contribution is 2.32. The van der Waals surface area contributed by atoms with Crippen molar-refractivity contribution in [3.05, 3.63) is 35.9 Å². The smallest absolute Gasteiger partial charge is 0.0216 e. The summed E-state index contributed by atoms with van der Waals surface area (Å²) in [6.07, 6.45) is 5.00. The number of benzene rings is 1. The molecule has 1 fully saturated rings. The maximum absolute atomic E-state index is 5.49. The number of rotatable bonds is 2. The van der Waals surface area contributed by atoms with Crippen molar-refractivity contribution in [2.45, 2.75) is 37.6 Å². The molecule has 2 nitrogen and oxygen atoms in total. The Balaban J connectivity index is 2.04. The molecule has 0 spiro atoms. The molecule has 1 aromatic rings. The van der Waals surface area contributed by atoms with Crippen LogP contribution in [0.5, 0.6) is 0 Å². The first-order valence-electron chi connectivity index (χ1n) is 5.41. The third kappa shape index (κ3) is 2.14. The highest BCUT2D eigenvalue weighted by molar-refractivity contribution is 5.20. The number of hydrazine groups is 1. The van der Waals surface area contributed by atoms with E-state index in [9.17, 15) is 0 Å². The summed E-state index contributed by atoms with van der Waals surface area (Å²) in [5.41, 5.74) is 4.37. The monoisotopic (exact) mass is 190 g/mol. The van der Waals surface area contributed by atoms with Crippen molar-refractivity contribution in [3.8, 4) is 0 Å². The minimum absolute atomic E-state index is 0.508. The van der Waals surface area contributed by atoms with Crippen LogP contribution < -0.4 is 11.3 Å². The number of nitrogens with two attached hydrogens (primary N) is 1. The predicted octanol–water partition coefficient (Wildman–Crippen LogP) is 2.18. The second-order valence-electron chi connectivity index (χ2n) is 4.14. The van der Waals surface area contributed by atoms with Gasteiger partial charge in [-0.25, -0.2) is 0 Å². The molecule has 2 rings (SSSR count). The van der Waals surface area contributed by atoms with Crippen molar-refractivity contribution in [2.75, 3.05) is 0 Å². The van der Waals surface area contributed by atoms with E-state index in [1.807, 2.05) is 0 Å². The van der Waals surface area contributed by atoms with Crippen LogP contribution in [0.4, 0.5) is 0 Å². The minimum Gasteiger partial charge on any atom is -0.271 e. The van der Waals surface area contributed by atoms with Gasteiger partial charge >= 0.3 is 0 Å². The van der Waals surface area contributed by atoms with Gasteiger partial charge in [0.2, 0.25) is 0 Å². The fraction of sp³-hybridized carbons (Fsp3) is 0.500. The molecule has 1 aliphatic rings. The molecular weight excluding hydrogens is 172 g/mol. The van der Waals surface area contributed by atoms with Gasteiger partial charge in [-0.15, -0.1) is 0 Å². The van der Waals surface area contributed by atoms with Gasteiger partial charge in [0.1, 0.15) is 0 Å². The SMILES string of the molecule is NNC1CCCC(c2ccccc2)C1. The molecule has 3 N–H and O–H groups in total. The first kappa shape index (κ1) is 9.69. The quantitative estimate of drug-likeness (QED) is 0.554. The topological polar surface area (TPSA) is 38.0 Å². The van der Waals surface area contributed by atoms with Gasteiger partial charge in [-0.1, -0.05) is 36.8 Å². The predicted molar refractivity (Wildman–Crippen MR) is 58.8 cm³/mol. The van der Waals surface area contributed by atoms with Crippen LogP contribution in [0.3, 0.4) is 0 Å². The summed E-state index contributed by atoms with van der Waals surface area (Å²) in [7, 11) is 0. The van der Waals surface area contributed by atoms with Gasteiger partial charge in [0.05, 0.1) is 0 Å². The summed E-state index contributed by atoms with van der Waals surface area (Å²) in [4.78, 5) is 0. The molecule has 2 unspecified atom stereocenters. The summed E-state index contributed by atoms with van der Waals surface area (Å²) < 4.78 is 0. The maximum atomic E-state index is 5.49. The van der Waals surface area contributed by atoms with E-state index < -0.39 is 0 Å². The highest BCUT2D eigenvalue weighted by atomic mass is 15.2. The lowest BCUT2D eigenvalue weighted by molar-refractivity contribution is 0.343. The van der Waals surface area contributed by atoms with Crippen LogP contribution in [0, 0.1) is 0 Å². The van der Waals surface area contributed by atoms with E-state index in [0.717, 1.165) is 0 Å². The molecule has 14 heavy (non-hydrogen) atoms. The lowest BCUT2D eigenvalue weighted by atomic mass is 9.82. The Morgan fingerprint density at radius 2 is 1.93 bits per heavy atom. The summed E-state index contributed by atoms with van der Waals surface area (Å²) in [6.45, 7) is 0. The fourth-order valence-electron chi connectivity index (χ4n) is 2.37. The Kier molecular flexibility index (Phi) is 3.17. The first-order valence-corrected chi connectivity index (χ1v) is 5.41. The highest BCUT2D eigenvalue weighted by Gasteiger charge is 2.21. The van der Waals surface area contributed by atoms with E-state index in [1.165, 1.54) is 31.2 Å². The van der Waals surface area contributed by atoms with E-state index in [0.29, 0.717) is 12.0 Å². The first-order chi connectivity index (χ1) is 6.90. The zero-order valence-corrected chi connectivity index (χ0v) is 8.45. The Morgan fingerprint density at radius 1 is 1.14 bits per heavy atom. The molecule has 2 heteroatoms. The van der Waals surface area contributed by atoms with Crippen molar-refractivity contribution >= 4 is 0 Å². The number of nitrogens with one attached hydrogen (secondary N) is 1. The Morgan fingerprint density at radius 3 is 2.64 bits per heavy atom. The van der Waals surface area contributed by atoms with Gasteiger partial charge in [0.15, 0.2) is 0 Å². The van der Waals surface area contributed by atoms with Crippen molar-refractivity contribution in [2.24, 2.45) is 5.84 Å². The molecule has 0 radical (unpaired) electrons. The summed E-state index contributed by atoms with van der Waals surface area (Å²) in [6, 6.07) is 11.3. The van der Waals surface area contributed by atoms with Gasteiger partial charge in [0.25, 0.3) is 0 Å². The Labute approximate surface area is 85.5 Å². The van der Waals surface area contributed by atoms with Gasteiger partial charge < -0.3 is 0 Å². The molecule has 1 aromatic carbocycles. The van der Waals surface area contributed by atoms with Crippen LogP contribution in [0.25, 0.3) is 0 Å². The van der Waals surface area contributed by atoms with Gasteiger partial charge in [-0.2, -0.15) is 0 Å². The lowest BCUT2D eigenvalue weighted by Gasteiger charge is -2.28. The molecule has 76 valence electrons. The average Bonchev–Trinajstić information content (AvgIpc) is 2.30. The van der Waals surface area contributed by atoms with Crippen LogP contribution in [0.2, 0.25) is 0 Å². The fourth-order valence-corrected chi connectivity index (χ4v) is 2.37. The zero-order chi connectivity index (χ0) is 9.80. The molecule has 0 saturated heterocycles. The molecule has 0 bridgehead atoms. The number of hydrogen-bond donors (Lipinski definition) is 2. The molecule has 0 heterocycles. The van der Waals surface area contributed by atoms with Crippen molar-refractivity contribution in [1.82, 2.24) is 5.43 Å². The molecule has 0 aliphatic heterocycles. The van der Waals surface area contributed by atoms with Crippen LogP contribution in [-0.4, -0.2) is 6.04 Å². The molecule has 0 aromatic heterocycles. The Bertz CT molecular complexity index is 271. The second kappa shape index (κ2) is 4.58.